The zero-order valence-electron chi connectivity index (χ0n) is 9.41. The van der Waals surface area contributed by atoms with Gasteiger partial charge in [0, 0.05) is 18.3 Å². The highest BCUT2D eigenvalue weighted by atomic mass is 32.1. The first-order valence-electron chi connectivity index (χ1n) is 5.64. The van der Waals surface area contributed by atoms with E-state index >= 15 is 0 Å². The van der Waals surface area contributed by atoms with Crippen LogP contribution in [0.25, 0.3) is 0 Å². The summed E-state index contributed by atoms with van der Waals surface area (Å²) in [4.78, 5) is 4.24. The largest absolute Gasteiger partial charge is 0.330 e. The highest BCUT2D eigenvalue weighted by Gasteiger charge is 2.02. The second-order valence-electron chi connectivity index (χ2n) is 3.78. The molecule has 1 aromatic rings. The van der Waals surface area contributed by atoms with Gasteiger partial charge in [-0.25, -0.2) is 4.98 Å². The molecule has 15 heavy (non-hydrogen) atoms. The van der Waals surface area contributed by atoms with Gasteiger partial charge in [-0.1, -0.05) is 13.3 Å². The third kappa shape index (κ3) is 5.25. The van der Waals surface area contributed by atoms with Crippen molar-refractivity contribution >= 4 is 11.3 Å². The van der Waals surface area contributed by atoms with Crippen molar-refractivity contribution in [2.75, 3.05) is 19.6 Å². The third-order valence-electron chi connectivity index (χ3n) is 2.68. The molecule has 0 fully saturated rings. The Bertz CT molecular complexity index is 232. The first-order valence-corrected chi connectivity index (χ1v) is 6.59. The van der Waals surface area contributed by atoms with Crippen LogP contribution < -0.4 is 11.1 Å². The Morgan fingerprint density at radius 3 is 3.00 bits per heavy atom. The lowest BCUT2D eigenvalue weighted by Gasteiger charge is -2.11. The number of aromatic nitrogens is 1. The van der Waals surface area contributed by atoms with Crippen molar-refractivity contribution in [1.82, 2.24) is 10.3 Å². The molecule has 1 aromatic heterocycles. The van der Waals surface area contributed by atoms with Crippen LogP contribution in [0, 0.1) is 5.92 Å². The van der Waals surface area contributed by atoms with E-state index in [-0.39, 0.29) is 0 Å². The van der Waals surface area contributed by atoms with Crippen molar-refractivity contribution in [3.05, 3.63) is 16.6 Å². The van der Waals surface area contributed by atoms with Crippen LogP contribution in [-0.4, -0.2) is 24.6 Å². The number of rotatable bonds is 8. The van der Waals surface area contributed by atoms with Gasteiger partial charge in [0.25, 0.3) is 0 Å². The average molecular weight is 227 g/mol. The zero-order chi connectivity index (χ0) is 10.9. The van der Waals surface area contributed by atoms with E-state index in [1.54, 1.807) is 11.3 Å². The molecule has 0 spiro atoms. The first kappa shape index (κ1) is 12.6. The molecule has 0 radical (unpaired) electrons. The molecule has 86 valence electrons. The summed E-state index contributed by atoms with van der Waals surface area (Å²) in [7, 11) is 0. The number of nitrogens with zero attached hydrogens (tertiary/aromatic N) is 1. The van der Waals surface area contributed by atoms with Crippen molar-refractivity contribution in [2.24, 2.45) is 11.7 Å². The van der Waals surface area contributed by atoms with E-state index in [1.165, 1.54) is 18.5 Å². The molecule has 1 atom stereocenters. The lowest BCUT2D eigenvalue weighted by molar-refractivity contribution is 0.461. The Morgan fingerprint density at radius 1 is 1.53 bits per heavy atom. The maximum Gasteiger partial charge on any atom is 0.0794 e. The van der Waals surface area contributed by atoms with Crippen LogP contribution in [-0.2, 0) is 6.42 Å². The summed E-state index contributed by atoms with van der Waals surface area (Å²) in [6.07, 6.45) is 3.40. The molecule has 1 heterocycles. The molecule has 0 saturated carbocycles. The molecular formula is C11H21N3S. The van der Waals surface area contributed by atoms with E-state index in [2.05, 4.69) is 22.6 Å². The molecular weight excluding hydrogens is 206 g/mol. The molecule has 1 rings (SSSR count). The summed E-state index contributed by atoms with van der Waals surface area (Å²) in [6.45, 7) is 5.10. The van der Waals surface area contributed by atoms with Crippen molar-refractivity contribution in [2.45, 2.75) is 26.2 Å². The predicted molar refractivity (Wildman–Crippen MR) is 66.1 cm³/mol. The number of nitrogens with two attached hydrogens (primary N) is 1. The van der Waals surface area contributed by atoms with Gasteiger partial charge in [-0.15, -0.1) is 11.3 Å². The first-order chi connectivity index (χ1) is 7.36. The Balaban J connectivity index is 1.97. The fourth-order valence-corrected chi connectivity index (χ4v) is 2.09. The highest BCUT2D eigenvalue weighted by Crippen LogP contribution is 2.04. The summed E-state index contributed by atoms with van der Waals surface area (Å²) >= 11 is 1.66. The second kappa shape index (κ2) is 7.79. The third-order valence-corrected chi connectivity index (χ3v) is 3.32. The minimum Gasteiger partial charge on any atom is -0.330 e. The van der Waals surface area contributed by atoms with Gasteiger partial charge in [0.05, 0.1) is 11.2 Å². The second-order valence-corrected chi connectivity index (χ2v) is 4.50. The molecule has 0 saturated heterocycles. The smallest absolute Gasteiger partial charge is 0.0794 e. The van der Waals surface area contributed by atoms with E-state index < -0.39 is 0 Å². The van der Waals surface area contributed by atoms with Crippen LogP contribution >= 0.6 is 11.3 Å². The van der Waals surface area contributed by atoms with Crippen LogP contribution in [0.3, 0.4) is 0 Å². The fourth-order valence-electron chi connectivity index (χ4n) is 1.50. The molecule has 3 N–H and O–H groups in total. The minimum absolute atomic E-state index is 0.678. The number of hydrogen-bond acceptors (Lipinski definition) is 4. The van der Waals surface area contributed by atoms with Gasteiger partial charge in [0.1, 0.15) is 0 Å². The molecule has 4 heteroatoms. The summed E-state index contributed by atoms with van der Waals surface area (Å²) < 4.78 is 0. The van der Waals surface area contributed by atoms with Crippen LogP contribution in [0.1, 0.15) is 25.5 Å². The van der Waals surface area contributed by atoms with Gasteiger partial charge in [0.2, 0.25) is 0 Å². The highest BCUT2D eigenvalue weighted by molar-refractivity contribution is 7.07. The molecule has 1 unspecified atom stereocenters. The molecule has 0 aliphatic carbocycles. The summed E-state index contributed by atoms with van der Waals surface area (Å²) in [5, 5.41) is 5.54. The Kier molecular flexibility index (Phi) is 6.55. The standard InChI is InChI=1S/C11H21N3S/c1-2-10(7-12)3-5-13-6-4-11-8-15-9-14-11/h8-10,13H,2-7,12H2,1H3. The van der Waals surface area contributed by atoms with Gasteiger partial charge in [-0.2, -0.15) is 0 Å². The lowest BCUT2D eigenvalue weighted by atomic mass is 10.0. The average Bonchev–Trinajstić information content (AvgIpc) is 2.76. The lowest BCUT2D eigenvalue weighted by Crippen LogP contribution is -2.23. The van der Waals surface area contributed by atoms with E-state index in [0.717, 1.165) is 26.1 Å². The monoisotopic (exact) mass is 227 g/mol. The Labute approximate surface area is 96.1 Å². The van der Waals surface area contributed by atoms with Crippen LogP contribution in [0.15, 0.2) is 10.9 Å². The summed E-state index contributed by atoms with van der Waals surface area (Å²) in [5.74, 6) is 0.678. The van der Waals surface area contributed by atoms with Crippen molar-refractivity contribution in [3.8, 4) is 0 Å². The van der Waals surface area contributed by atoms with Crippen LogP contribution in [0.4, 0.5) is 0 Å². The molecule has 0 aromatic carbocycles. The Hall–Kier alpha value is -0.450. The van der Waals surface area contributed by atoms with Gasteiger partial charge in [0.15, 0.2) is 0 Å². The summed E-state index contributed by atoms with van der Waals surface area (Å²) in [5.41, 5.74) is 8.72. The zero-order valence-corrected chi connectivity index (χ0v) is 10.2. The van der Waals surface area contributed by atoms with E-state index in [4.69, 9.17) is 5.73 Å². The van der Waals surface area contributed by atoms with Gasteiger partial charge < -0.3 is 11.1 Å². The molecule has 0 aliphatic rings. The molecule has 3 nitrogen and oxygen atoms in total. The maximum atomic E-state index is 5.64. The normalized spacial score (nSPS) is 12.9. The summed E-state index contributed by atoms with van der Waals surface area (Å²) in [6, 6.07) is 0. The van der Waals surface area contributed by atoms with E-state index in [0.29, 0.717) is 5.92 Å². The van der Waals surface area contributed by atoms with Crippen LogP contribution in [0.5, 0.6) is 0 Å². The number of thiazole rings is 1. The molecule has 0 aliphatic heterocycles. The van der Waals surface area contributed by atoms with Gasteiger partial charge in [-0.05, 0) is 25.4 Å². The minimum atomic E-state index is 0.678. The van der Waals surface area contributed by atoms with E-state index in [9.17, 15) is 0 Å². The number of nitrogens with one attached hydrogen (secondary N) is 1. The van der Waals surface area contributed by atoms with Crippen LogP contribution in [0.2, 0.25) is 0 Å². The molecule has 0 bridgehead atoms. The maximum absolute atomic E-state index is 5.64. The van der Waals surface area contributed by atoms with Gasteiger partial charge in [-0.3, -0.25) is 0 Å². The van der Waals surface area contributed by atoms with Gasteiger partial charge >= 0.3 is 0 Å². The SMILES string of the molecule is CCC(CN)CCNCCc1cscn1. The number of hydrogen-bond donors (Lipinski definition) is 2. The predicted octanol–water partition coefficient (Wildman–Crippen LogP) is 1.65. The fraction of sp³-hybridized carbons (Fsp3) is 0.727. The van der Waals surface area contributed by atoms with Crippen molar-refractivity contribution in [1.29, 1.82) is 0 Å². The topological polar surface area (TPSA) is 50.9 Å². The quantitative estimate of drug-likeness (QED) is 0.664. The van der Waals surface area contributed by atoms with Crippen molar-refractivity contribution in [3.63, 3.8) is 0 Å². The van der Waals surface area contributed by atoms with Crippen molar-refractivity contribution < 1.29 is 0 Å². The Morgan fingerprint density at radius 2 is 2.40 bits per heavy atom. The van der Waals surface area contributed by atoms with E-state index in [1.807, 2.05) is 5.51 Å². The molecule has 0 amide bonds.